The number of likely N-dealkylation sites (N-methyl/N-ethyl adjacent to an activating group) is 1. The second-order valence-corrected chi connectivity index (χ2v) is 4.54. The number of anilines is 1. The molecule has 1 fully saturated rings. The number of nitriles is 1. The average molecular weight is 231 g/mol. The van der Waals surface area contributed by atoms with E-state index in [1.165, 1.54) is 0 Å². The van der Waals surface area contributed by atoms with Crippen molar-refractivity contribution >= 4 is 5.69 Å². The van der Waals surface area contributed by atoms with Crippen LogP contribution >= 0.6 is 0 Å². The van der Waals surface area contributed by atoms with E-state index in [9.17, 15) is 5.26 Å². The van der Waals surface area contributed by atoms with Gasteiger partial charge in [0.05, 0.1) is 13.2 Å². The molecule has 2 rings (SSSR count). The highest BCUT2D eigenvalue weighted by atomic mass is 16.5. The summed E-state index contributed by atoms with van der Waals surface area (Å²) in [5, 5.41) is 12.7. The third kappa shape index (κ3) is 2.51. The largest absolute Gasteiger partial charge is 0.497 e. The summed E-state index contributed by atoms with van der Waals surface area (Å²) in [6.07, 6.45) is 0.853. The third-order valence-electron chi connectivity index (χ3n) is 3.15. The zero-order valence-corrected chi connectivity index (χ0v) is 10.2. The van der Waals surface area contributed by atoms with Gasteiger partial charge in [0.25, 0.3) is 0 Å². The lowest BCUT2D eigenvalue weighted by molar-refractivity contribution is 0.403. The van der Waals surface area contributed by atoms with Crippen molar-refractivity contribution < 1.29 is 4.74 Å². The van der Waals surface area contributed by atoms with Gasteiger partial charge in [-0.25, -0.2) is 0 Å². The molecule has 1 aromatic rings. The molecule has 0 aliphatic carbocycles. The van der Waals surface area contributed by atoms with Crippen LogP contribution in [-0.2, 0) is 0 Å². The van der Waals surface area contributed by atoms with Crippen molar-refractivity contribution in [3.8, 4) is 11.8 Å². The fraction of sp³-hybridized carbons (Fsp3) is 0.462. The second kappa shape index (κ2) is 4.64. The van der Waals surface area contributed by atoms with E-state index < -0.39 is 5.54 Å². The minimum atomic E-state index is -0.455. The number of methoxy groups -OCH3 is 1. The predicted molar refractivity (Wildman–Crippen MR) is 67.1 cm³/mol. The topological polar surface area (TPSA) is 48.3 Å². The second-order valence-electron chi connectivity index (χ2n) is 4.54. The maximum atomic E-state index is 9.33. The van der Waals surface area contributed by atoms with Gasteiger partial charge in [0, 0.05) is 18.8 Å². The highest BCUT2D eigenvalue weighted by molar-refractivity contribution is 5.50. The Labute approximate surface area is 102 Å². The normalized spacial score (nSPS) is 24.3. The van der Waals surface area contributed by atoms with E-state index in [1.807, 2.05) is 31.3 Å². The quantitative estimate of drug-likeness (QED) is 0.860. The number of likely N-dealkylation sites (tertiary alicyclic amines) is 1. The van der Waals surface area contributed by atoms with Crippen molar-refractivity contribution in [2.24, 2.45) is 0 Å². The molecule has 1 saturated heterocycles. The molecular formula is C13H17N3O. The molecule has 0 radical (unpaired) electrons. The van der Waals surface area contributed by atoms with E-state index in [2.05, 4.69) is 16.3 Å². The summed E-state index contributed by atoms with van der Waals surface area (Å²) in [7, 11) is 3.68. The maximum Gasteiger partial charge on any atom is 0.139 e. The molecule has 0 spiro atoms. The highest BCUT2D eigenvalue weighted by Gasteiger charge is 2.36. The van der Waals surface area contributed by atoms with Crippen LogP contribution in [0.15, 0.2) is 24.3 Å². The molecule has 1 aromatic carbocycles. The molecule has 4 nitrogen and oxygen atoms in total. The monoisotopic (exact) mass is 231 g/mol. The van der Waals surface area contributed by atoms with Crippen molar-refractivity contribution in [2.75, 3.05) is 32.6 Å². The molecule has 17 heavy (non-hydrogen) atoms. The first-order valence-corrected chi connectivity index (χ1v) is 5.69. The number of benzene rings is 1. The third-order valence-corrected chi connectivity index (χ3v) is 3.15. The van der Waals surface area contributed by atoms with Gasteiger partial charge in [-0.15, -0.1) is 0 Å². The molecule has 1 heterocycles. The number of nitrogens with one attached hydrogen (secondary N) is 1. The Morgan fingerprint density at radius 1 is 1.41 bits per heavy atom. The SMILES string of the molecule is COc1ccc(NC2(C#N)CCN(C)C2)cc1. The molecule has 0 amide bonds. The summed E-state index contributed by atoms with van der Waals surface area (Å²) < 4.78 is 5.11. The van der Waals surface area contributed by atoms with Gasteiger partial charge in [-0.3, -0.25) is 0 Å². The van der Waals surface area contributed by atoms with Crippen molar-refractivity contribution in [2.45, 2.75) is 12.0 Å². The van der Waals surface area contributed by atoms with Crippen molar-refractivity contribution in [1.29, 1.82) is 5.26 Å². The van der Waals surface area contributed by atoms with Crippen LogP contribution in [0.2, 0.25) is 0 Å². The molecule has 1 N–H and O–H groups in total. The van der Waals surface area contributed by atoms with E-state index >= 15 is 0 Å². The zero-order valence-electron chi connectivity index (χ0n) is 10.2. The molecule has 4 heteroatoms. The average Bonchev–Trinajstić information content (AvgIpc) is 2.72. The van der Waals surface area contributed by atoms with Crippen molar-refractivity contribution in [3.63, 3.8) is 0 Å². The summed E-state index contributed by atoms with van der Waals surface area (Å²) >= 11 is 0. The standard InChI is InChI=1S/C13H17N3O/c1-16-8-7-13(9-14,10-16)15-11-3-5-12(17-2)6-4-11/h3-6,15H,7-8,10H2,1-2H3. The first-order chi connectivity index (χ1) is 8.17. The molecule has 1 aliphatic heterocycles. The molecular weight excluding hydrogens is 214 g/mol. The van der Waals surface area contributed by atoms with Gasteiger partial charge in [-0.2, -0.15) is 5.26 Å². The van der Waals surface area contributed by atoms with Gasteiger partial charge in [-0.1, -0.05) is 0 Å². The zero-order chi connectivity index (χ0) is 12.3. The Morgan fingerprint density at radius 2 is 2.12 bits per heavy atom. The fourth-order valence-electron chi connectivity index (χ4n) is 2.17. The molecule has 1 aliphatic rings. The van der Waals surface area contributed by atoms with Gasteiger partial charge in [0.2, 0.25) is 0 Å². The number of nitrogens with zero attached hydrogens (tertiary/aromatic N) is 2. The predicted octanol–water partition coefficient (Wildman–Crippen LogP) is 1.70. The minimum Gasteiger partial charge on any atom is -0.497 e. The van der Waals surface area contributed by atoms with Gasteiger partial charge in [0.1, 0.15) is 11.3 Å². The van der Waals surface area contributed by atoms with Gasteiger partial charge in [0.15, 0.2) is 0 Å². The Kier molecular flexibility index (Phi) is 3.21. The summed E-state index contributed by atoms with van der Waals surface area (Å²) in [6, 6.07) is 10.1. The number of hydrogen-bond acceptors (Lipinski definition) is 4. The van der Waals surface area contributed by atoms with Crippen LogP contribution in [-0.4, -0.2) is 37.7 Å². The minimum absolute atomic E-state index is 0.455. The smallest absolute Gasteiger partial charge is 0.139 e. The van der Waals surface area contributed by atoms with Crippen molar-refractivity contribution in [1.82, 2.24) is 4.90 Å². The van der Waals surface area contributed by atoms with Crippen LogP contribution in [0, 0.1) is 11.3 Å². The van der Waals surface area contributed by atoms with Crippen LogP contribution in [0.5, 0.6) is 5.75 Å². The molecule has 90 valence electrons. The van der Waals surface area contributed by atoms with E-state index in [0.717, 1.165) is 30.9 Å². The van der Waals surface area contributed by atoms with Gasteiger partial charge >= 0.3 is 0 Å². The van der Waals surface area contributed by atoms with Crippen LogP contribution in [0.4, 0.5) is 5.69 Å². The summed E-state index contributed by atoms with van der Waals surface area (Å²) in [5.74, 6) is 0.824. The van der Waals surface area contributed by atoms with Gasteiger partial charge in [-0.05, 0) is 37.7 Å². The summed E-state index contributed by atoms with van der Waals surface area (Å²) in [6.45, 7) is 1.71. The van der Waals surface area contributed by atoms with Crippen molar-refractivity contribution in [3.05, 3.63) is 24.3 Å². The van der Waals surface area contributed by atoms with Gasteiger partial charge < -0.3 is 15.0 Å². The molecule has 0 saturated carbocycles. The lowest BCUT2D eigenvalue weighted by Gasteiger charge is -2.23. The molecule has 1 unspecified atom stereocenters. The lowest BCUT2D eigenvalue weighted by atomic mass is 10.0. The number of ether oxygens (including phenoxy) is 1. The Hall–Kier alpha value is -1.73. The molecule has 1 atom stereocenters. The maximum absolute atomic E-state index is 9.33. The highest BCUT2D eigenvalue weighted by Crippen LogP contribution is 2.25. The first-order valence-electron chi connectivity index (χ1n) is 5.69. The van der Waals surface area contributed by atoms with E-state index in [4.69, 9.17) is 4.74 Å². The first kappa shape index (κ1) is 11.7. The van der Waals surface area contributed by atoms with E-state index in [1.54, 1.807) is 7.11 Å². The molecule has 0 bridgehead atoms. The van der Waals surface area contributed by atoms with Crippen LogP contribution in [0.3, 0.4) is 0 Å². The molecule has 0 aromatic heterocycles. The number of rotatable bonds is 3. The Balaban J connectivity index is 2.11. The fourth-order valence-corrected chi connectivity index (χ4v) is 2.17. The van der Waals surface area contributed by atoms with Crippen LogP contribution in [0.25, 0.3) is 0 Å². The number of hydrogen-bond donors (Lipinski definition) is 1. The Morgan fingerprint density at radius 3 is 2.59 bits per heavy atom. The summed E-state index contributed by atoms with van der Waals surface area (Å²) in [5.41, 5.74) is 0.506. The van der Waals surface area contributed by atoms with Crippen LogP contribution in [0.1, 0.15) is 6.42 Å². The summed E-state index contributed by atoms with van der Waals surface area (Å²) in [4.78, 5) is 2.17. The van der Waals surface area contributed by atoms with E-state index in [0.29, 0.717) is 0 Å². The Bertz CT molecular complexity index is 423. The van der Waals surface area contributed by atoms with Crippen LogP contribution < -0.4 is 10.1 Å². The lowest BCUT2D eigenvalue weighted by Crippen LogP contribution is -2.39. The van der Waals surface area contributed by atoms with E-state index in [-0.39, 0.29) is 0 Å².